The number of aliphatic carboxylic acids is 1. The van der Waals surface area contributed by atoms with Crippen molar-refractivity contribution in [3.8, 4) is 17.2 Å². The maximum Gasteiger partial charge on any atom is 0.307 e. The summed E-state index contributed by atoms with van der Waals surface area (Å²) in [4.78, 5) is 25.8. The van der Waals surface area contributed by atoms with Gasteiger partial charge < -0.3 is 24.2 Å². The lowest BCUT2D eigenvalue weighted by Gasteiger charge is -2.33. The third-order valence-electron chi connectivity index (χ3n) is 5.47. The number of amides is 1. The number of benzene rings is 1. The molecule has 1 spiro atoms. The lowest BCUT2D eigenvalue weighted by molar-refractivity contribution is -0.139. The first-order chi connectivity index (χ1) is 12.0. The molecule has 1 aromatic rings. The number of carbonyl (C=O) groups excluding carboxylic acids is 1. The molecule has 1 atom stereocenters. The molecular weight excluding hydrogens is 326 g/mol. The van der Waals surface area contributed by atoms with Crippen molar-refractivity contribution in [2.75, 3.05) is 34.4 Å². The Kier molecular flexibility index (Phi) is 4.49. The number of ether oxygens (including phenoxy) is 3. The van der Waals surface area contributed by atoms with Crippen LogP contribution >= 0.6 is 0 Å². The fraction of sp³-hybridized carbons (Fsp3) is 0.556. The van der Waals surface area contributed by atoms with Crippen LogP contribution in [0.25, 0.3) is 0 Å². The highest BCUT2D eigenvalue weighted by atomic mass is 16.5. The van der Waals surface area contributed by atoms with Crippen LogP contribution in [0.1, 0.15) is 29.6 Å². The molecule has 136 valence electrons. The molecule has 0 bridgehead atoms. The van der Waals surface area contributed by atoms with Gasteiger partial charge in [0.1, 0.15) is 5.75 Å². The highest BCUT2D eigenvalue weighted by Gasteiger charge is 2.59. The van der Waals surface area contributed by atoms with Gasteiger partial charge in [-0.25, -0.2) is 0 Å². The molecule has 2 aliphatic rings. The van der Waals surface area contributed by atoms with Crippen molar-refractivity contribution in [1.29, 1.82) is 0 Å². The second-order valence-corrected chi connectivity index (χ2v) is 6.66. The van der Waals surface area contributed by atoms with E-state index in [4.69, 9.17) is 14.2 Å². The summed E-state index contributed by atoms with van der Waals surface area (Å²) in [5.41, 5.74) is 0.311. The van der Waals surface area contributed by atoms with Gasteiger partial charge in [0.15, 0.2) is 11.5 Å². The molecule has 1 aliphatic heterocycles. The quantitative estimate of drug-likeness (QED) is 0.876. The van der Waals surface area contributed by atoms with E-state index in [1.807, 2.05) is 0 Å². The molecule has 1 saturated carbocycles. The molecule has 1 saturated heterocycles. The number of carboxylic acids is 1. The summed E-state index contributed by atoms with van der Waals surface area (Å²) in [5.74, 6) is 0.281. The van der Waals surface area contributed by atoms with Crippen LogP contribution in [-0.2, 0) is 4.79 Å². The zero-order valence-corrected chi connectivity index (χ0v) is 14.7. The zero-order valence-electron chi connectivity index (χ0n) is 14.7. The minimum atomic E-state index is -0.721. The van der Waals surface area contributed by atoms with Gasteiger partial charge in [0, 0.05) is 25.2 Å². The molecule has 1 aliphatic carbocycles. The van der Waals surface area contributed by atoms with Crippen molar-refractivity contribution < 1.29 is 28.9 Å². The molecule has 1 N–H and O–H groups in total. The van der Waals surface area contributed by atoms with Crippen LogP contribution < -0.4 is 14.2 Å². The van der Waals surface area contributed by atoms with Gasteiger partial charge in [0.25, 0.3) is 5.91 Å². The number of carboxylic acid groups (broad SMARTS) is 1. The number of hydrogen-bond acceptors (Lipinski definition) is 5. The van der Waals surface area contributed by atoms with E-state index in [2.05, 4.69) is 0 Å². The Morgan fingerprint density at radius 1 is 1.04 bits per heavy atom. The van der Waals surface area contributed by atoms with Crippen LogP contribution in [0.4, 0.5) is 0 Å². The topological polar surface area (TPSA) is 85.3 Å². The Morgan fingerprint density at radius 2 is 1.60 bits per heavy atom. The van der Waals surface area contributed by atoms with Gasteiger partial charge >= 0.3 is 5.97 Å². The summed E-state index contributed by atoms with van der Waals surface area (Å²) in [6.45, 7) is 1.11. The number of likely N-dealkylation sites (tertiary alicyclic amines) is 1. The summed E-state index contributed by atoms with van der Waals surface area (Å²) in [6, 6.07) is 3.26. The van der Waals surface area contributed by atoms with E-state index in [-0.39, 0.29) is 17.2 Å². The second kappa shape index (κ2) is 6.46. The second-order valence-electron chi connectivity index (χ2n) is 6.66. The summed E-state index contributed by atoms with van der Waals surface area (Å²) in [7, 11) is 4.55. The van der Waals surface area contributed by atoms with E-state index < -0.39 is 5.97 Å². The maximum atomic E-state index is 12.9. The zero-order chi connectivity index (χ0) is 18.2. The van der Waals surface area contributed by atoms with Crippen molar-refractivity contribution in [2.24, 2.45) is 11.3 Å². The Balaban J connectivity index is 1.77. The highest BCUT2D eigenvalue weighted by Crippen LogP contribution is 2.59. The molecule has 1 aromatic carbocycles. The molecule has 7 nitrogen and oxygen atoms in total. The van der Waals surface area contributed by atoms with Gasteiger partial charge in [-0.1, -0.05) is 0 Å². The Hall–Kier alpha value is -2.44. The maximum absolute atomic E-state index is 12.9. The average molecular weight is 349 g/mol. The molecule has 1 heterocycles. The van der Waals surface area contributed by atoms with Crippen LogP contribution in [0.15, 0.2) is 12.1 Å². The van der Waals surface area contributed by atoms with Gasteiger partial charge in [-0.2, -0.15) is 0 Å². The Bertz CT molecular complexity index is 693. The lowest BCUT2D eigenvalue weighted by atomic mass is 9.90. The van der Waals surface area contributed by atoms with Crippen LogP contribution in [0.5, 0.6) is 17.2 Å². The molecule has 3 rings (SSSR count). The predicted molar refractivity (Wildman–Crippen MR) is 89.4 cm³/mol. The molecular formula is C18H23NO6. The van der Waals surface area contributed by atoms with Crippen molar-refractivity contribution in [2.45, 2.75) is 19.3 Å². The third kappa shape index (κ3) is 2.99. The molecule has 1 unspecified atom stereocenters. The number of methoxy groups -OCH3 is 3. The van der Waals surface area contributed by atoms with Gasteiger partial charge in [-0.15, -0.1) is 0 Å². The first-order valence-electron chi connectivity index (χ1n) is 8.28. The van der Waals surface area contributed by atoms with Gasteiger partial charge in [-0.3, -0.25) is 9.59 Å². The average Bonchev–Trinajstić information content (AvgIpc) is 3.34. The molecule has 2 fully saturated rings. The summed E-state index contributed by atoms with van der Waals surface area (Å²) in [5, 5.41) is 9.18. The van der Waals surface area contributed by atoms with Gasteiger partial charge in [0.2, 0.25) is 0 Å². The van der Waals surface area contributed by atoms with Gasteiger partial charge in [-0.05, 0) is 24.7 Å². The number of carbonyl (C=O) groups is 2. The third-order valence-corrected chi connectivity index (χ3v) is 5.47. The summed E-state index contributed by atoms with van der Waals surface area (Å²) < 4.78 is 15.9. The Morgan fingerprint density at radius 3 is 2.08 bits per heavy atom. The lowest BCUT2D eigenvalue weighted by Crippen LogP contribution is -2.40. The molecule has 25 heavy (non-hydrogen) atoms. The highest BCUT2D eigenvalue weighted by molar-refractivity contribution is 5.98. The van der Waals surface area contributed by atoms with Crippen LogP contribution in [0.2, 0.25) is 0 Å². The number of rotatable bonds is 5. The van der Waals surface area contributed by atoms with E-state index in [9.17, 15) is 14.7 Å². The van der Waals surface area contributed by atoms with Crippen molar-refractivity contribution in [3.63, 3.8) is 0 Å². The minimum absolute atomic E-state index is 0.107. The van der Waals surface area contributed by atoms with Crippen LogP contribution in [-0.4, -0.2) is 56.3 Å². The fourth-order valence-electron chi connectivity index (χ4n) is 3.77. The SMILES string of the molecule is COc1cc(OC)c(C(=O)N2CCC3(CC2)CC3C(=O)O)cc1OC. The van der Waals surface area contributed by atoms with E-state index in [1.165, 1.54) is 21.3 Å². The largest absolute Gasteiger partial charge is 0.496 e. The molecule has 7 heteroatoms. The van der Waals surface area contributed by atoms with Crippen LogP contribution in [0, 0.1) is 11.3 Å². The van der Waals surface area contributed by atoms with E-state index in [1.54, 1.807) is 17.0 Å². The fourth-order valence-corrected chi connectivity index (χ4v) is 3.77. The number of nitrogens with zero attached hydrogens (tertiary/aromatic N) is 1. The van der Waals surface area contributed by atoms with E-state index >= 15 is 0 Å². The monoisotopic (exact) mass is 349 g/mol. The first-order valence-corrected chi connectivity index (χ1v) is 8.28. The standard InChI is InChI=1S/C18H23NO6/c1-23-13-9-15(25-3)14(24-2)8-11(13)16(20)19-6-4-18(5-7-19)10-12(18)17(21)22/h8-9,12H,4-7,10H2,1-3H3,(H,21,22). The van der Waals surface area contributed by atoms with Crippen molar-refractivity contribution in [3.05, 3.63) is 17.7 Å². The number of hydrogen-bond donors (Lipinski definition) is 1. The van der Waals surface area contributed by atoms with Crippen molar-refractivity contribution in [1.82, 2.24) is 4.90 Å². The molecule has 1 amide bonds. The summed E-state index contributed by atoms with van der Waals surface area (Å²) in [6.07, 6.45) is 2.18. The molecule has 0 radical (unpaired) electrons. The minimum Gasteiger partial charge on any atom is -0.496 e. The normalized spacial score (nSPS) is 20.9. The smallest absolute Gasteiger partial charge is 0.307 e. The van der Waals surface area contributed by atoms with E-state index in [0.717, 1.165) is 19.3 Å². The number of piperidine rings is 1. The van der Waals surface area contributed by atoms with Gasteiger partial charge in [0.05, 0.1) is 32.8 Å². The first kappa shape index (κ1) is 17.4. The van der Waals surface area contributed by atoms with Crippen LogP contribution in [0.3, 0.4) is 0 Å². The van der Waals surface area contributed by atoms with Crippen molar-refractivity contribution >= 4 is 11.9 Å². The molecule has 0 aromatic heterocycles. The summed E-state index contributed by atoms with van der Waals surface area (Å²) >= 11 is 0. The predicted octanol–water partition coefficient (Wildman–Crippen LogP) is 2.04. The van der Waals surface area contributed by atoms with E-state index in [0.29, 0.717) is 35.9 Å². The Labute approximate surface area is 146 Å².